The highest BCUT2D eigenvalue weighted by Crippen LogP contribution is 1.91. The summed E-state index contributed by atoms with van der Waals surface area (Å²) in [4.78, 5) is 9.58. The molecule has 0 rings (SSSR count). The summed E-state index contributed by atoms with van der Waals surface area (Å²) in [6.45, 7) is 2.98. The first kappa shape index (κ1) is 5.50. The smallest absolute Gasteiger partial charge is 0.266 e. The fourth-order valence-electron chi connectivity index (χ4n) is 0. The van der Waals surface area contributed by atoms with Crippen LogP contribution in [0.2, 0.25) is 0 Å². The molecule has 0 spiro atoms. The molecule has 0 saturated heterocycles. The number of carbonyl (C=O) groups is 1. The Morgan fingerprint density at radius 3 is 2.00 bits per heavy atom. The van der Waals surface area contributed by atoms with Crippen LogP contribution >= 0.6 is 11.6 Å². The number of rotatable bonds is 1. The molecule has 0 aliphatic rings. The standard InChI is InChI=1S/C3H3ClNO/c1-2(4)3(5)6/h5H,1H2. The molecule has 1 radical (unpaired) electrons. The normalized spacial score (nSPS) is 7.50. The van der Waals surface area contributed by atoms with Crippen LogP contribution in [0.25, 0.3) is 0 Å². The van der Waals surface area contributed by atoms with E-state index in [1.807, 2.05) is 0 Å². The monoisotopic (exact) mass is 104 g/mol. The van der Waals surface area contributed by atoms with E-state index in [4.69, 9.17) is 17.3 Å². The molecule has 1 amide bonds. The Balaban J connectivity index is 3.57. The number of hydrogen-bond acceptors (Lipinski definition) is 1. The second-order valence-corrected chi connectivity index (χ2v) is 1.19. The number of nitrogens with one attached hydrogen (secondary N) is 1. The van der Waals surface area contributed by atoms with Crippen LogP contribution in [0, 0.1) is 0 Å². The zero-order valence-corrected chi connectivity index (χ0v) is 3.75. The van der Waals surface area contributed by atoms with Gasteiger partial charge >= 0.3 is 0 Å². The summed E-state index contributed by atoms with van der Waals surface area (Å²) in [7, 11) is 0. The maximum absolute atomic E-state index is 9.58. The van der Waals surface area contributed by atoms with Crippen molar-refractivity contribution in [2.45, 2.75) is 0 Å². The number of carbonyl (C=O) groups excluding carboxylic acids is 1. The van der Waals surface area contributed by atoms with Crippen molar-refractivity contribution in [3.63, 3.8) is 0 Å². The second kappa shape index (κ2) is 1.82. The first-order valence-electron chi connectivity index (χ1n) is 1.25. The van der Waals surface area contributed by atoms with Gasteiger partial charge in [-0.05, 0) is 0 Å². The minimum Gasteiger partial charge on any atom is -0.266 e. The van der Waals surface area contributed by atoms with E-state index in [1.165, 1.54) is 0 Å². The van der Waals surface area contributed by atoms with E-state index >= 15 is 0 Å². The van der Waals surface area contributed by atoms with Crippen molar-refractivity contribution in [2.24, 2.45) is 0 Å². The molecule has 0 aliphatic heterocycles. The molecule has 0 aromatic carbocycles. The first-order valence-corrected chi connectivity index (χ1v) is 1.62. The molecule has 1 N–H and O–H groups in total. The summed E-state index contributed by atoms with van der Waals surface area (Å²) in [5.41, 5.74) is 6.16. The van der Waals surface area contributed by atoms with Crippen LogP contribution in [-0.4, -0.2) is 5.91 Å². The number of hydrogen-bond donors (Lipinski definition) is 0. The molecule has 6 heavy (non-hydrogen) atoms. The quantitative estimate of drug-likeness (QED) is 0.448. The van der Waals surface area contributed by atoms with Crippen LogP contribution < -0.4 is 5.73 Å². The summed E-state index contributed by atoms with van der Waals surface area (Å²) in [5, 5.41) is -0.241. The van der Waals surface area contributed by atoms with Gasteiger partial charge in [0.1, 0.15) is 0 Å². The molecule has 0 aromatic heterocycles. The maximum Gasteiger partial charge on any atom is 0.280 e. The van der Waals surface area contributed by atoms with Crippen molar-refractivity contribution in [3.8, 4) is 0 Å². The lowest BCUT2D eigenvalue weighted by molar-refractivity contribution is -0.114. The predicted molar refractivity (Wildman–Crippen MR) is 23.1 cm³/mol. The third-order valence-electron chi connectivity index (χ3n) is 0.246. The lowest BCUT2D eigenvalue weighted by atomic mass is 10.6. The van der Waals surface area contributed by atoms with Crippen LogP contribution in [-0.2, 0) is 4.79 Å². The third-order valence-corrected chi connectivity index (χ3v) is 0.418. The highest BCUT2D eigenvalue weighted by molar-refractivity contribution is 6.41. The van der Waals surface area contributed by atoms with Gasteiger partial charge in [0, 0.05) is 0 Å². The molecule has 0 aromatic rings. The van der Waals surface area contributed by atoms with Gasteiger partial charge in [0.05, 0.1) is 5.03 Å². The van der Waals surface area contributed by atoms with Crippen LogP contribution in [0.5, 0.6) is 0 Å². The van der Waals surface area contributed by atoms with Crippen molar-refractivity contribution in [1.82, 2.24) is 5.73 Å². The van der Waals surface area contributed by atoms with E-state index in [0.29, 0.717) is 0 Å². The Hall–Kier alpha value is -0.500. The molecule has 0 saturated carbocycles. The summed E-state index contributed by atoms with van der Waals surface area (Å²) < 4.78 is 0. The summed E-state index contributed by atoms with van der Waals surface area (Å²) >= 11 is 4.88. The van der Waals surface area contributed by atoms with Crippen molar-refractivity contribution < 1.29 is 4.79 Å². The Morgan fingerprint density at radius 1 is 1.83 bits per heavy atom. The van der Waals surface area contributed by atoms with Crippen molar-refractivity contribution in [1.29, 1.82) is 0 Å². The minimum absolute atomic E-state index is 0.241. The molecule has 3 heteroatoms. The number of amides is 1. The van der Waals surface area contributed by atoms with E-state index in [9.17, 15) is 4.79 Å². The van der Waals surface area contributed by atoms with Gasteiger partial charge in [-0.25, -0.2) is 0 Å². The maximum atomic E-state index is 9.58. The van der Waals surface area contributed by atoms with Crippen molar-refractivity contribution in [3.05, 3.63) is 11.6 Å². The Kier molecular flexibility index (Phi) is 1.67. The van der Waals surface area contributed by atoms with Gasteiger partial charge in [0.15, 0.2) is 0 Å². The lowest BCUT2D eigenvalue weighted by Gasteiger charge is -1.76. The third kappa shape index (κ3) is 1.79. The predicted octanol–water partition coefficient (Wildman–Crippen LogP) is 0.548. The topological polar surface area (TPSA) is 40.9 Å². The fraction of sp³-hybridized carbons (Fsp3) is 0. The van der Waals surface area contributed by atoms with Crippen LogP contribution in [0.3, 0.4) is 0 Å². The van der Waals surface area contributed by atoms with Gasteiger partial charge in [0.25, 0.3) is 5.91 Å². The van der Waals surface area contributed by atoms with E-state index in [1.54, 1.807) is 0 Å². The second-order valence-electron chi connectivity index (χ2n) is 0.734. The van der Waals surface area contributed by atoms with Gasteiger partial charge in [0.2, 0.25) is 0 Å². The molecule has 33 valence electrons. The van der Waals surface area contributed by atoms with E-state index < -0.39 is 5.91 Å². The van der Waals surface area contributed by atoms with Gasteiger partial charge in [-0.2, -0.15) is 0 Å². The van der Waals surface area contributed by atoms with E-state index in [-0.39, 0.29) is 5.03 Å². The Bertz CT molecular complexity index is 76.8. The molecule has 2 nitrogen and oxygen atoms in total. The van der Waals surface area contributed by atoms with Crippen LogP contribution in [0.4, 0.5) is 0 Å². The average Bonchev–Trinajstić information content (AvgIpc) is 1.36. The van der Waals surface area contributed by atoms with Crippen molar-refractivity contribution >= 4 is 17.5 Å². The molecule has 0 bridgehead atoms. The average molecular weight is 105 g/mol. The van der Waals surface area contributed by atoms with Gasteiger partial charge in [-0.3, -0.25) is 10.5 Å². The fourth-order valence-corrected chi connectivity index (χ4v) is 0. The SMILES string of the molecule is C=C(Cl)C([NH])=O. The largest absolute Gasteiger partial charge is 0.280 e. The lowest BCUT2D eigenvalue weighted by Crippen LogP contribution is -1.93. The molecule has 0 fully saturated rings. The molecular formula is C3H3ClNO. The summed E-state index contributed by atoms with van der Waals surface area (Å²) in [6.07, 6.45) is 0. The van der Waals surface area contributed by atoms with E-state index in [2.05, 4.69) is 6.58 Å². The summed E-state index contributed by atoms with van der Waals surface area (Å²) in [6, 6.07) is 0. The van der Waals surface area contributed by atoms with Gasteiger partial charge in [-0.15, -0.1) is 0 Å². The minimum atomic E-state index is -0.920. The molecule has 0 heterocycles. The Labute approximate surface area is 40.6 Å². The van der Waals surface area contributed by atoms with Gasteiger partial charge < -0.3 is 0 Å². The molecule has 0 aliphatic carbocycles. The highest BCUT2D eigenvalue weighted by atomic mass is 35.5. The zero-order valence-electron chi connectivity index (χ0n) is 2.99. The highest BCUT2D eigenvalue weighted by Gasteiger charge is 1.91. The summed E-state index contributed by atoms with van der Waals surface area (Å²) in [5.74, 6) is -0.920. The van der Waals surface area contributed by atoms with Crippen LogP contribution in [0.1, 0.15) is 0 Å². The zero-order chi connectivity index (χ0) is 5.15. The van der Waals surface area contributed by atoms with Gasteiger partial charge in [-0.1, -0.05) is 18.2 Å². The number of halogens is 1. The van der Waals surface area contributed by atoms with Crippen molar-refractivity contribution in [2.75, 3.05) is 0 Å². The first-order chi connectivity index (χ1) is 2.64. The Morgan fingerprint density at radius 2 is 2.00 bits per heavy atom. The van der Waals surface area contributed by atoms with Crippen LogP contribution in [0.15, 0.2) is 11.6 Å². The molecule has 0 atom stereocenters. The molecule has 0 unspecified atom stereocenters. The van der Waals surface area contributed by atoms with E-state index in [0.717, 1.165) is 0 Å². The molecular weight excluding hydrogens is 101 g/mol.